The van der Waals surface area contributed by atoms with E-state index in [1.807, 2.05) is 6.92 Å². The highest BCUT2D eigenvalue weighted by molar-refractivity contribution is 5.92. The molecule has 1 amide bonds. The Hall–Kier alpha value is -1.85. The van der Waals surface area contributed by atoms with Crippen molar-refractivity contribution in [2.24, 2.45) is 13.0 Å². The molecule has 0 saturated carbocycles. The van der Waals surface area contributed by atoms with Crippen molar-refractivity contribution in [3.8, 4) is 0 Å². The van der Waals surface area contributed by atoms with E-state index in [1.165, 1.54) is 0 Å². The van der Waals surface area contributed by atoms with Gasteiger partial charge in [-0.05, 0) is 25.8 Å². The topological polar surface area (TPSA) is 75.4 Å². The number of hydrogen-bond donors (Lipinski definition) is 1. The molecule has 1 atom stereocenters. The van der Waals surface area contributed by atoms with Gasteiger partial charge in [-0.3, -0.25) is 14.3 Å². The standard InChI is InChI=1S/C12H17N3O3/c1-8-6-10(13-14(8)2)11(16)15-5-3-4-9(7-15)12(17)18/h6,9H,3-5,7H2,1-2H3,(H,17,18)/t9-/m0/s1. The first-order valence-corrected chi connectivity index (χ1v) is 6.01. The molecule has 6 heteroatoms. The predicted octanol–water partition coefficient (Wildman–Crippen LogP) is 0.665. The van der Waals surface area contributed by atoms with Crippen LogP contribution in [0, 0.1) is 12.8 Å². The van der Waals surface area contributed by atoms with Gasteiger partial charge in [-0.25, -0.2) is 0 Å². The van der Waals surface area contributed by atoms with Crippen LogP contribution in [-0.2, 0) is 11.8 Å². The lowest BCUT2D eigenvalue weighted by Crippen LogP contribution is -2.42. The summed E-state index contributed by atoms with van der Waals surface area (Å²) in [4.78, 5) is 24.7. The number of piperidine rings is 1. The summed E-state index contributed by atoms with van der Waals surface area (Å²) in [7, 11) is 1.78. The molecule has 1 saturated heterocycles. The van der Waals surface area contributed by atoms with Crippen molar-refractivity contribution in [1.82, 2.24) is 14.7 Å². The Morgan fingerprint density at radius 1 is 1.50 bits per heavy atom. The van der Waals surface area contributed by atoms with Crippen LogP contribution < -0.4 is 0 Å². The number of carbonyl (C=O) groups excluding carboxylic acids is 1. The number of rotatable bonds is 2. The number of carboxylic acid groups (broad SMARTS) is 1. The van der Waals surface area contributed by atoms with Crippen molar-refractivity contribution in [2.75, 3.05) is 13.1 Å². The van der Waals surface area contributed by atoms with Gasteiger partial charge in [0.15, 0.2) is 5.69 Å². The second-order valence-corrected chi connectivity index (χ2v) is 4.72. The quantitative estimate of drug-likeness (QED) is 0.838. The SMILES string of the molecule is Cc1cc(C(=O)N2CCC[C@H](C(=O)O)C2)nn1C. The van der Waals surface area contributed by atoms with Crippen LogP contribution in [0.1, 0.15) is 29.0 Å². The van der Waals surface area contributed by atoms with Gasteiger partial charge < -0.3 is 10.0 Å². The minimum absolute atomic E-state index is 0.176. The van der Waals surface area contributed by atoms with Gasteiger partial charge in [0, 0.05) is 25.8 Å². The summed E-state index contributed by atoms with van der Waals surface area (Å²) in [5.41, 5.74) is 1.30. The maximum atomic E-state index is 12.2. The average Bonchev–Trinajstić information content (AvgIpc) is 2.69. The fraction of sp³-hybridized carbons (Fsp3) is 0.583. The largest absolute Gasteiger partial charge is 0.481 e. The van der Waals surface area contributed by atoms with Crippen LogP contribution in [0.5, 0.6) is 0 Å². The number of carbonyl (C=O) groups is 2. The van der Waals surface area contributed by atoms with Gasteiger partial charge in [-0.2, -0.15) is 5.10 Å². The van der Waals surface area contributed by atoms with Crippen LogP contribution in [0.2, 0.25) is 0 Å². The van der Waals surface area contributed by atoms with E-state index in [9.17, 15) is 9.59 Å². The van der Waals surface area contributed by atoms with E-state index in [0.717, 1.165) is 12.1 Å². The summed E-state index contributed by atoms with van der Waals surface area (Å²) >= 11 is 0. The predicted molar refractivity (Wildman–Crippen MR) is 64.2 cm³/mol. The Balaban J connectivity index is 2.11. The van der Waals surface area contributed by atoms with E-state index >= 15 is 0 Å². The van der Waals surface area contributed by atoms with Crippen molar-refractivity contribution in [2.45, 2.75) is 19.8 Å². The van der Waals surface area contributed by atoms with Gasteiger partial charge >= 0.3 is 5.97 Å². The average molecular weight is 251 g/mol. The van der Waals surface area contributed by atoms with Crippen molar-refractivity contribution >= 4 is 11.9 Å². The Bertz CT molecular complexity index is 461. The van der Waals surface area contributed by atoms with Gasteiger partial charge in [-0.15, -0.1) is 0 Å². The second kappa shape index (κ2) is 4.80. The molecule has 0 spiro atoms. The first kappa shape index (κ1) is 12.6. The molecule has 0 aromatic carbocycles. The third-order valence-corrected chi connectivity index (χ3v) is 3.39. The summed E-state index contributed by atoms with van der Waals surface area (Å²) < 4.78 is 1.64. The van der Waals surface area contributed by atoms with E-state index in [0.29, 0.717) is 18.7 Å². The number of aliphatic carboxylic acids is 1. The zero-order valence-electron chi connectivity index (χ0n) is 10.6. The number of hydrogen-bond acceptors (Lipinski definition) is 3. The highest BCUT2D eigenvalue weighted by Gasteiger charge is 2.29. The number of carboxylic acids is 1. The lowest BCUT2D eigenvalue weighted by atomic mass is 9.98. The maximum absolute atomic E-state index is 12.2. The Labute approximate surface area is 105 Å². The lowest BCUT2D eigenvalue weighted by molar-refractivity contribution is -0.143. The van der Waals surface area contributed by atoms with E-state index in [4.69, 9.17) is 5.11 Å². The van der Waals surface area contributed by atoms with E-state index in [-0.39, 0.29) is 12.5 Å². The van der Waals surface area contributed by atoms with Gasteiger partial charge in [0.25, 0.3) is 5.91 Å². The number of likely N-dealkylation sites (tertiary alicyclic amines) is 1. The molecule has 0 aliphatic carbocycles. The molecule has 1 aliphatic heterocycles. The van der Waals surface area contributed by atoms with Crippen LogP contribution in [-0.4, -0.2) is 44.8 Å². The molecule has 1 aliphatic rings. The molecule has 18 heavy (non-hydrogen) atoms. The molecule has 6 nitrogen and oxygen atoms in total. The molecule has 98 valence electrons. The van der Waals surface area contributed by atoms with Crippen molar-refractivity contribution in [3.05, 3.63) is 17.5 Å². The number of nitrogens with zero attached hydrogens (tertiary/aromatic N) is 3. The first-order chi connectivity index (χ1) is 8.49. The van der Waals surface area contributed by atoms with Gasteiger partial charge in [0.2, 0.25) is 0 Å². The molecule has 0 radical (unpaired) electrons. The smallest absolute Gasteiger partial charge is 0.308 e. The molecule has 1 aromatic rings. The summed E-state index contributed by atoms with van der Waals surface area (Å²) in [6.07, 6.45) is 1.37. The van der Waals surface area contributed by atoms with Gasteiger partial charge in [-0.1, -0.05) is 0 Å². The molecule has 0 unspecified atom stereocenters. The Morgan fingerprint density at radius 2 is 2.22 bits per heavy atom. The minimum atomic E-state index is -0.829. The zero-order valence-corrected chi connectivity index (χ0v) is 10.6. The Morgan fingerprint density at radius 3 is 2.78 bits per heavy atom. The van der Waals surface area contributed by atoms with Crippen LogP contribution in [0.4, 0.5) is 0 Å². The number of aryl methyl sites for hydroxylation is 2. The summed E-state index contributed by atoms with van der Waals surface area (Å²) in [6.45, 7) is 2.77. The van der Waals surface area contributed by atoms with Gasteiger partial charge in [0.1, 0.15) is 0 Å². The van der Waals surface area contributed by atoms with E-state index in [2.05, 4.69) is 5.10 Å². The third kappa shape index (κ3) is 2.37. The van der Waals surface area contributed by atoms with Crippen LogP contribution in [0.3, 0.4) is 0 Å². The molecule has 2 rings (SSSR count). The van der Waals surface area contributed by atoms with E-state index < -0.39 is 11.9 Å². The van der Waals surface area contributed by atoms with Crippen LogP contribution in [0.25, 0.3) is 0 Å². The first-order valence-electron chi connectivity index (χ1n) is 6.01. The fourth-order valence-electron chi connectivity index (χ4n) is 2.19. The third-order valence-electron chi connectivity index (χ3n) is 3.39. The van der Waals surface area contributed by atoms with Crippen molar-refractivity contribution in [1.29, 1.82) is 0 Å². The molecule has 0 bridgehead atoms. The van der Waals surface area contributed by atoms with E-state index in [1.54, 1.807) is 22.7 Å². The number of aromatic nitrogens is 2. The highest BCUT2D eigenvalue weighted by Crippen LogP contribution is 2.18. The van der Waals surface area contributed by atoms with Crippen molar-refractivity contribution < 1.29 is 14.7 Å². The second-order valence-electron chi connectivity index (χ2n) is 4.72. The minimum Gasteiger partial charge on any atom is -0.481 e. The fourth-order valence-corrected chi connectivity index (χ4v) is 2.19. The summed E-state index contributed by atoms with van der Waals surface area (Å²) in [5, 5.41) is 13.1. The number of amides is 1. The van der Waals surface area contributed by atoms with Crippen LogP contribution >= 0.6 is 0 Å². The molecular weight excluding hydrogens is 234 g/mol. The molecular formula is C12H17N3O3. The maximum Gasteiger partial charge on any atom is 0.308 e. The Kier molecular flexibility index (Phi) is 3.36. The normalized spacial score (nSPS) is 19.9. The molecule has 1 fully saturated rings. The molecule has 2 heterocycles. The van der Waals surface area contributed by atoms with Gasteiger partial charge in [0.05, 0.1) is 5.92 Å². The summed E-state index contributed by atoms with van der Waals surface area (Å²) in [5.74, 6) is -1.46. The highest BCUT2D eigenvalue weighted by atomic mass is 16.4. The lowest BCUT2D eigenvalue weighted by Gasteiger charge is -2.30. The molecule has 1 N–H and O–H groups in total. The van der Waals surface area contributed by atoms with Crippen molar-refractivity contribution in [3.63, 3.8) is 0 Å². The van der Waals surface area contributed by atoms with Crippen LogP contribution in [0.15, 0.2) is 6.07 Å². The zero-order chi connectivity index (χ0) is 13.3. The monoisotopic (exact) mass is 251 g/mol. The summed E-state index contributed by atoms with van der Waals surface area (Å²) in [6, 6.07) is 1.73. The molecule has 1 aromatic heterocycles.